The van der Waals surface area contributed by atoms with E-state index in [4.69, 9.17) is 9.15 Å². The molecular weight excluding hydrogens is 329 g/mol. The van der Waals surface area contributed by atoms with Gasteiger partial charge in [0.05, 0.1) is 12.1 Å². The van der Waals surface area contributed by atoms with Crippen LogP contribution >= 0.6 is 0 Å². The molecular formula is C17H20FN3O4. The molecule has 134 valence electrons. The Bertz CT molecular complexity index is 722. The molecule has 25 heavy (non-hydrogen) atoms. The molecule has 1 aliphatic rings. The topological polar surface area (TPSA) is 87.8 Å². The Morgan fingerprint density at radius 2 is 2.28 bits per heavy atom. The zero-order valence-corrected chi connectivity index (χ0v) is 13.9. The van der Waals surface area contributed by atoms with Crippen molar-refractivity contribution in [3.63, 3.8) is 0 Å². The van der Waals surface area contributed by atoms with Crippen molar-refractivity contribution in [3.05, 3.63) is 48.4 Å². The lowest BCUT2D eigenvalue weighted by Crippen LogP contribution is -2.50. The van der Waals surface area contributed by atoms with E-state index in [0.717, 1.165) is 0 Å². The number of oxazole rings is 1. The molecule has 0 aliphatic heterocycles. The number of aliphatic hydroxyl groups is 1. The third kappa shape index (κ3) is 3.80. The summed E-state index contributed by atoms with van der Waals surface area (Å²) in [6.07, 6.45) is 1.39. The second-order valence-corrected chi connectivity index (χ2v) is 6.25. The van der Waals surface area contributed by atoms with Gasteiger partial charge in [-0.05, 0) is 26.2 Å². The summed E-state index contributed by atoms with van der Waals surface area (Å²) in [5, 5.41) is 13.5. The minimum Gasteiger partial charge on any atom is -0.487 e. The molecule has 4 atom stereocenters. The SMILES string of the molecule is CN(C)[C@@H]1[C@@H](O)[C@H](Oc2cccc(F)c2)C[C@H]1NC(=O)c1cocn1. The Hall–Kier alpha value is -2.45. The van der Waals surface area contributed by atoms with Crippen LogP contribution in [0.25, 0.3) is 0 Å². The van der Waals surface area contributed by atoms with Crippen molar-refractivity contribution < 1.29 is 23.4 Å². The van der Waals surface area contributed by atoms with Gasteiger partial charge in [-0.1, -0.05) is 6.07 Å². The summed E-state index contributed by atoms with van der Waals surface area (Å²) >= 11 is 0. The highest BCUT2D eigenvalue weighted by atomic mass is 19.1. The molecule has 1 aromatic carbocycles. The number of ether oxygens (including phenoxy) is 1. The first-order valence-electron chi connectivity index (χ1n) is 7.91. The van der Waals surface area contributed by atoms with Crippen molar-refractivity contribution in [1.29, 1.82) is 0 Å². The normalized spacial score (nSPS) is 26.0. The average Bonchev–Trinajstić information content (AvgIpc) is 3.17. The summed E-state index contributed by atoms with van der Waals surface area (Å²) in [7, 11) is 3.63. The lowest BCUT2D eigenvalue weighted by molar-refractivity contribution is 0.0209. The van der Waals surface area contributed by atoms with Crippen LogP contribution in [-0.4, -0.2) is 59.3 Å². The number of hydrogen-bond donors (Lipinski definition) is 2. The Labute approximate surface area is 144 Å². The van der Waals surface area contributed by atoms with Crippen molar-refractivity contribution in [3.8, 4) is 5.75 Å². The maximum atomic E-state index is 13.3. The van der Waals surface area contributed by atoms with E-state index in [0.29, 0.717) is 12.2 Å². The summed E-state index contributed by atoms with van der Waals surface area (Å²) in [6, 6.07) is 5.04. The molecule has 7 nitrogen and oxygen atoms in total. The Morgan fingerprint density at radius 1 is 1.48 bits per heavy atom. The van der Waals surface area contributed by atoms with E-state index >= 15 is 0 Å². The van der Waals surface area contributed by atoms with Gasteiger partial charge in [-0.15, -0.1) is 0 Å². The zero-order chi connectivity index (χ0) is 18.0. The maximum absolute atomic E-state index is 13.3. The fourth-order valence-corrected chi connectivity index (χ4v) is 3.20. The number of amides is 1. The summed E-state index contributed by atoms with van der Waals surface area (Å²) in [5.41, 5.74) is 0.168. The van der Waals surface area contributed by atoms with E-state index in [1.807, 2.05) is 19.0 Å². The van der Waals surface area contributed by atoms with E-state index in [1.165, 1.54) is 24.8 Å². The van der Waals surface area contributed by atoms with E-state index in [-0.39, 0.29) is 23.7 Å². The molecule has 2 aromatic rings. The van der Waals surface area contributed by atoms with Gasteiger partial charge in [0.15, 0.2) is 12.1 Å². The Kier molecular flexibility index (Phi) is 5.00. The molecule has 0 radical (unpaired) electrons. The number of aromatic nitrogens is 1. The van der Waals surface area contributed by atoms with Crippen LogP contribution in [0, 0.1) is 5.82 Å². The van der Waals surface area contributed by atoms with Crippen molar-refractivity contribution >= 4 is 5.91 Å². The summed E-state index contributed by atoms with van der Waals surface area (Å²) in [5.74, 6) is -0.459. The fraction of sp³-hybridized carbons (Fsp3) is 0.412. The standard InChI is InChI=1S/C17H20FN3O4/c1-21(2)15-12(20-17(23)13-8-24-9-19-13)7-14(16(15)22)25-11-5-3-4-10(18)6-11/h3-6,8-9,12,14-16,22H,7H2,1-2H3,(H,20,23)/t12-,14-,15+,16+/m1/s1. The van der Waals surface area contributed by atoms with Gasteiger partial charge in [-0.25, -0.2) is 9.37 Å². The molecule has 1 aromatic heterocycles. The number of rotatable bonds is 5. The zero-order valence-electron chi connectivity index (χ0n) is 13.9. The van der Waals surface area contributed by atoms with Crippen LogP contribution < -0.4 is 10.1 Å². The number of likely N-dealkylation sites (N-methyl/N-ethyl adjacent to an activating group) is 1. The highest BCUT2D eigenvalue weighted by Crippen LogP contribution is 2.28. The Morgan fingerprint density at radius 3 is 2.92 bits per heavy atom. The van der Waals surface area contributed by atoms with E-state index in [9.17, 15) is 14.3 Å². The first-order valence-corrected chi connectivity index (χ1v) is 7.91. The van der Waals surface area contributed by atoms with Gasteiger partial charge < -0.3 is 24.5 Å². The predicted octanol–water partition coefficient (Wildman–Crippen LogP) is 1.05. The smallest absolute Gasteiger partial charge is 0.273 e. The number of hydrogen-bond acceptors (Lipinski definition) is 6. The van der Waals surface area contributed by atoms with E-state index in [2.05, 4.69) is 10.3 Å². The largest absolute Gasteiger partial charge is 0.487 e. The molecule has 1 saturated carbocycles. The number of aliphatic hydroxyl groups excluding tert-OH is 1. The van der Waals surface area contributed by atoms with Gasteiger partial charge in [-0.3, -0.25) is 4.79 Å². The second kappa shape index (κ2) is 7.20. The molecule has 1 heterocycles. The first kappa shape index (κ1) is 17.4. The molecule has 1 amide bonds. The minimum atomic E-state index is -0.846. The van der Waals surface area contributed by atoms with Crippen LogP contribution in [0.5, 0.6) is 5.75 Å². The number of benzene rings is 1. The van der Waals surface area contributed by atoms with Crippen LogP contribution in [0.2, 0.25) is 0 Å². The Balaban J connectivity index is 1.73. The maximum Gasteiger partial charge on any atom is 0.273 e. The van der Waals surface area contributed by atoms with Crippen LogP contribution in [0.4, 0.5) is 4.39 Å². The summed E-state index contributed by atoms with van der Waals surface area (Å²) in [4.78, 5) is 17.9. The second-order valence-electron chi connectivity index (χ2n) is 6.25. The van der Waals surface area contributed by atoms with Gasteiger partial charge in [0.1, 0.15) is 30.0 Å². The third-order valence-electron chi connectivity index (χ3n) is 4.29. The van der Waals surface area contributed by atoms with Gasteiger partial charge in [0.2, 0.25) is 0 Å². The first-order chi connectivity index (χ1) is 12.0. The lowest BCUT2D eigenvalue weighted by Gasteiger charge is -2.29. The van der Waals surface area contributed by atoms with Crippen LogP contribution in [0.15, 0.2) is 41.3 Å². The minimum absolute atomic E-state index is 0.168. The quantitative estimate of drug-likeness (QED) is 0.839. The third-order valence-corrected chi connectivity index (χ3v) is 4.29. The van der Waals surface area contributed by atoms with Crippen LogP contribution in [-0.2, 0) is 0 Å². The number of nitrogens with zero attached hydrogens (tertiary/aromatic N) is 2. The van der Waals surface area contributed by atoms with Crippen molar-refractivity contribution in [2.45, 2.75) is 30.7 Å². The fourth-order valence-electron chi connectivity index (χ4n) is 3.20. The average molecular weight is 349 g/mol. The van der Waals surface area contributed by atoms with E-state index in [1.54, 1.807) is 12.1 Å². The number of halogens is 1. The molecule has 0 bridgehead atoms. The van der Waals surface area contributed by atoms with Crippen molar-refractivity contribution in [1.82, 2.24) is 15.2 Å². The number of nitrogens with one attached hydrogen (secondary N) is 1. The van der Waals surface area contributed by atoms with Gasteiger partial charge >= 0.3 is 0 Å². The molecule has 1 fully saturated rings. The molecule has 0 saturated heterocycles. The predicted molar refractivity (Wildman–Crippen MR) is 86.7 cm³/mol. The van der Waals surface area contributed by atoms with Crippen LogP contribution in [0.1, 0.15) is 16.9 Å². The van der Waals surface area contributed by atoms with Crippen LogP contribution in [0.3, 0.4) is 0 Å². The molecule has 0 spiro atoms. The molecule has 0 unspecified atom stereocenters. The molecule has 1 aliphatic carbocycles. The van der Waals surface area contributed by atoms with Gasteiger partial charge in [0.25, 0.3) is 5.91 Å². The lowest BCUT2D eigenvalue weighted by atomic mass is 10.1. The summed E-state index contributed by atoms with van der Waals surface area (Å²) < 4.78 is 23.9. The van der Waals surface area contributed by atoms with E-state index < -0.39 is 18.0 Å². The highest BCUT2D eigenvalue weighted by Gasteiger charge is 2.46. The molecule has 3 rings (SSSR count). The highest BCUT2D eigenvalue weighted by molar-refractivity contribution is 5.92. The number of carbonyl (C=O) groups is 1. The monoisotopic (exact) mass is 349 g/mol. The van der Waals surface area contributed by atoms with Gasteiger partial charge in [0, 0.05) is 12.5 Å². The summed E-state index contributed by atoms with van der Waals surface area (Å²) in [6.45, 7) is 0. The molecule has 8 heteroatoms. The van der Waals surface area contributed by atoms with Gasteiger partial charge in [-0.2, -0.15) is 0 Å². The number of carbonyl (C=O) groups excluding carboxylic acids is 1. The molecule has 2 N–H and O–H groups in total. The van der Waals surface area contributed by atoms with Crippen molar-refractivity contribution in [2.75, 3.05) is 14.1 Å². The van der Waals surface area contributed by atoms with Crippen molar-refractivity contribution in [2.24, 2.45) is 0 Å².